The highest BCUT2D eigenvalue weighted by Gasteiger charge is 2.24. The number of rotatable bonds is 3. The van der Waals surface area contributed by atoms with Crippen LogP contribution in [-0.4, -0.2) is 19.1 Å². The number of nitrogens with two attached hydrogens (primary N) is 1. The van der Waals surface area contributed by atoms with Gasteiger partial charge in [0, 0.05) is 19.1 Å². The summed E-state index contributed by atoms with van der Waals surface area (Å²) in [6.07, 6.45) is 3.39. The van der Waals surface area contributed by atoms with E-state index in [0.717, 1.165) is 19.5 Å². The molecule has 2 heteroatoms. The Hall–Kier alpha value is -0.340. The highest BCUT2D eigenvalue weighted by atomic mass is 14.9. The first kappa shape index (κ1) is 11.7. The summed E-state index contributed by atoms with van der Waals surface area (Å²) >= 11 is 0. The molecule has 0 fully saturated rings. The zero-order chi connectivity index (χ0) is 10.8. The molecular formula is C12H24N2. The summed E-state index contributed by atoms with van der Waals surface area (Å²) in [6, 6.07) is 0.210. The molecule has 14 heavy (non-hydrogen) atoms. The fourth-order valence-electron chi connectivity index (χ4n) is 1.73. The minimum Gasteiger partial charge on any atom is -0.323 e. The van der Waals surface area contributed by atoms with E-state index in [0.29, 0.717) is 11.3 Å². The minimum absolute atomic E-state index is 0.210. The third-order valence-electron chi connectivity index (χ3n) is 3.43. The Bertz CT molecular complexity index is 216. The average Bonchev–Trinajstić information content (AvgIpc) is 2.02. The first-order valence-corrected chi connectivity index (χ1v) is 5.57. The van der Waals surface area contributed by atoms with Crippen molar-refractivity contribution in [3.05, 3.63) is 11.6 Å². The maximum Gasteiger partial charge on any atom is 0.0354 e. The number of nitrogens with one attached hydrogen (secondary N) is 1. The fraction of sp³-hybridized carbons (Fsp3) is 0.833. The molecule has 82 valence electrons. The molecule has 1 aliphatic rings. The molecule has 0 amide bonds. The van der Waals surface area contributed by atoms with Gasteiger partial charge in [-0.2, -0.15) is 0 Å². The molecule has 0 aliphatic carbocycles. The van der Waals surface area contributed by atoms with Gasteiger partial charge in [-0.05, 0) is 17.8 Å². The lowest BCUT2D eigenvalue weighted by Gasteiger charge is -2.32. The van der Waals surface area contributed by atoms with E-state index in [1.807, 2.05) is 0 Å². The molecule has 0 bridgehead atoms. The van der Waals surface area contributed by atoms with Crippen molar-refractivity contribution in [1.82, 2.24) is 5.32 Å². The molecule has 0 radical (unpaired) electrons. The van der Waals surface area contributed by atoms with Crippen molar-refractivity contribution in [2.24, 2.45) is 17.1 Å². The maximum absolute atomic E-state index is 5.88. The first-order chi connectivity index (χ1) is 6.42. The second kappa shape index (κ2) is 4.45. The van der Waals surface area contributed by atoms with Gasteiger partial charge in [0.2, 0.25) is 0 Å². The summed E-state index contributed by atoms with van der Waals surface area (Å²) in [6.45, 7) is 11.2. The van der Waals surface area contributed by atoms with Crippen molar-refractivity contribution in [2.45, 2.75) is 40.2 Å². The van der Waals surface area contributed by atoms with Gasteiger partial charge < -0.3 is 11.1 Å². The molecule has 0 aromatic heterocycles. The van der Waals surface area contributed by atoms with Crippen molar-refractivity contribution >= 4 is 0 Å². The Morgan fingerprint density at radius 1 is 1.57 bits per heavy atom. The molecule has 2 nitrogen and oxygen atoms in total. The van der Waals surface area contributed by atoms with Gasteiger partial charge in [-0.3, -0.25) is 0 Å². The first-order valence-electron chi connectivity index (χ1n) is 5.57. The van der Waals surface area contributed by atoms with Gasteiger partial charge in [-0.1, -0.05) is 39.3 Å². The highest BCUT2D eigenvalue weighted by molar-refractivity contribution is 5.14. The van der Waals surface area contributed by atoms with Gasteiger partial charge in [0.1, 0.15) is 0 Å². The largest absolute Gasteiger partial charge is 0.323 e. The second-order valence-corrected chi connectivity index (χ2v) is 5.44. The van der Waals surface area contributed by atoms with Crippen LogP contribution in [0.15, 0.2) is 11.6 Å². The predicted molar refractivity (Wildman–Crippen MR) is 62.2 cm³/mol. The van der Waals surface area contributed by atoms with Crippen LogP contribution in [-0.2, 0) is 0 Å². The summed E-state index contributed by atoms with van der Waals surface area (Å²) in [7, 11) is 0. The normalized spacial score (nSPS) is 23.9. The lowest BCUT2D eigenvalue weighted by Crippen LogP contribution is -2.39. The molecule has 1 heterocycles. The molecular weight excluding hydrogens is 172 g/mol. The number of hydrogen-bond donors (Lipinski definition) is 2. The van der Waals surface area contributed by atoms with Gasteiger partial charge in [0.15, 0.2) is 0 Å². The van der Waals surface area contributed by atoms with Crippen molar-refractivity contribution < 1.29 is 0 Å². The molecule has 1 unspecified atom stereocenters. The van der Waals surface area contributed by atoms with E-state index < -0.39 is 0 Å². The molecule has 1 aliphatic heterocycles. The van der Waals surface area contributed by atoms with Crippen LogP contribution in [0.4, 0.5) is 0 Å². The van der Waals surface area contributed by atoms with Crippen molar-refractivity contribution in [3.63, 3.8) is 0 Å². The van der Waals surface area contributed by atoms with Crippen LogP contribution < -0.4 is 11.1 Å². The lowest BCUT2D eigenvalue weighted by molar-refractivity contribution is 0.244. The Balaban J connectivity index is 2.59. The Morgan fingerprint density at radius 2 is 2.21 bits per heavy atom. The molecule has 0 saturated carbocycles. The van der Waals surface area contributed by atoms with Crippen molar-refractivity contribution in [1.29, 1.82) is 0 Å². The molecule has 0 saturated heterocycles. The summed E-state index contributed by atoms with van der Waals surface area (Å²) in [5.74, 6) is 0.710. The zero-order valence-corrected chi connectivity index (χ0v) is 9.93. The zero-order valence-electron chi connectivity index (χ0n) is 9.93. The van der Waals surface area contributed by atoms with Gasteiger partial charge in [0.25, 0.3) is 0 Å². The van der Waals surface area contributed by atoms with Crippen molar-refractivity contribution in [3.8, 4) is 0 Å². The Labute approximate surface area is 87.9 Å². The summed E-state index contributed by atoms with van der Waals surface area (Å²) in [5, 5.41) is 3.35. The van der Waals surface area contributed by atoms with E-state index in [4.69, 9.17) is 5.73 Å². The number of hydrogen-bond acceptors (Lipinski definition) is 2. The van der Waals surface area contributed by atoms with E-state index in [1.54, 1.807) is 0 Å². The molecule has 1 rings (SSSR count). The summed E-state index contributed by atoms with van der Waals surface area (Å²) in [4.78, 5) is 0. The lowest BCUT2D eigenvalue weighted by atomic mass is 9.75. The molecule has 3 N–H and O–H groups in total. The van der Waals surface area contributed by atoms with Crippen molar-refractivity contribution in [2.75, 3.05) is 13.1 Å². The third-order valence-corrected chi connectivity index (χ3v) is 3.43. The molecule has 0 aromatic carbocycles. The van der Waals surface area contributed by atoms with Crippen LogP contribution >= 0.6 is 0 Å². The van der Waals surface area contributed by atoms with Gasteiger partial charge >= 0.3 is 0 Å². The minimum atomic E-state index is 0.210. The highest BCUT2D eigenvalue weighted by Crippen LogP contribution is 2.33. The van der Waals surface area contributed by atoms with Crippen LogP contribution in [0.1, 0.15) is 34.1 Å². The fourth-order valence-corrected chi connectivity index (χ4v) is 1.73. The Kier molecular flexibility index (Phi) is 3.73. The monoisotopic (exact) mass is 196 g/mol. The van der Waals surface area contributed by atoms with Crippen LogP contribution in [0.3, 0.4) is 0 Å². The third kappa shape index (κ3) is 3.10. The van der Waals surface area contributed by atoms with Gasteiger partial charge in [-0.25, -0.2) is 0 Å². The van der Waals surface area contributed by atoms with Crippen LogP contribution in [0.2, 0.25) is 0 Å². The van der Waals surface area contributed by atoms with E-state index >= 15 is 0 Å². The van der Waals surface area contributed by atoms with E-state index in [2.05, 4.69) is 39.1 Å². The van der Waals surface area contributed by atoms with Crippen LogP contribution in [0.5, 0.6) is 0 Å². The average molecular weight is 196 g/mol. The molecule has 0 spiro atoms. The van der Waals surface area contributed by atoms with Crippen LogP contribution in [0.25, 0.3) is 0 Å². The van der Waals surface area contributed by atoms with E-state index in [9.17, 15) is 0 Å². The molecule has 1 atom stereocenters. The second-order valence-electron chi connectivity index (χ2n) is 5.44. The van der Waals surface area contributed by atoms with E-state index in [1.165, 1.54) is 5.57 Å². The maximum atomic E-state index is 5.88. The summed E-state index contributed by atoms with van der Waals surface area (Å²) < 4.78 is 0. The smallest absolute Gasteiger partial charge is 0.0354 e. The SMILES string of the molecule is CC(C)C(C)(C)CC1=CC(N)CNC1. The van der Waals surface area contributed by atoms with Crippen LogP contribution in [0, 0.1) is 11.3 Å². The standard InChI is InChI=1S/C12H24N2/c1-9(2)12(3,4)6-10-5-11(13)8-14-7-10/h5,9,11,14H,6-8,13H2,1-4H3. The quantitative estimate of drug-likeness (QED) is 0.677. The predicted octanol–water partition coefficient (Wildman–Crippen LogP) is 1.92. The topological polar surface area (TPSA) is 38.0 Å². The van der Waals surface area contributed by atoms with Gasteiger partial charge in [0.05, 0.1) is 0 Å². The van der Waals surface area contributed by atoms with E-state index in [-0.39, 0.29) is 6.04 Å². The Morgan fingerprint density at radius 3 is 2.71 bits per heavy atom. The summed E-state index contributed by atoms with van der Waals surface area (Å²) in [5.41, 5.74) is 7.74. The van der Waals surface area contributed by atoms with Gasteiger partial charge in [-0.15, -0.1) is 0 Å². The molecule has 0 aromatic rings.